The molecule has 0 spiro atoms. The molecule has 0 saturated carbocycles. The molecule has 0 atom stereocenters. The molecular formula is C22H20N2O4S. The van der Waals surface area contributed by atoms with Gasteiger partial charge in [-0.05, 0) is 43.7 Å². The van der Waals surface area contributed by atoms with Gasteiger partial charge < -0.3 is 13.7 Å². The summed E-state index contributed by atoms with van der Waals surface area (Å²) >= 11 is 1.42. The fourth-order valence-electron chi connectivity index (χ4n) is 3.15. The van der Waals surface area contributed by atoms with Gasteiger partial charge in [-0.1, -0.05) is 29.5 Å². The summed E-state index contributed by atoms with van der Waals surface area (Å²) in [6.45, 7) is 5.65. The third-order valence-corrected chi connectivity index (χ3v) is 5.65. The van der Waals surface area contributed by atoms with Crippen LogP contribution in [0.1, 0.15) is 22.8 Å². The van der Waals surface area contributed by atoms with Crippen LogP contribution in [-0.4, -0.2) is 23.7 Å². The van der Waals surface area contributed by atoms with Crippen LogP contribution in [0, 0.1) is 6.92 Å². The zero-order valence-corrected chi connectivity index (χ0v) is 17.0. The lowest BCUT2D eigenvalue weighted by Gasteiger charge is -2.05. The number of thiazole rings is 1. The molecule has 29 heavy (non-hydrogen) atoms. The van der Waals surface area contributed by atoms with Gasteiger partial charge in [-0.15, -0.1) is 0 Å². The van der Waals surface area contributed by atoms with Gasteiger partial charge in [0.05, 0.1) is 22.2 Å². The fourth-order valence-corrected chi connectivity index (χ4v) is 4.31. The van der Waals surface area contributed by atoms with E-state index in [-0.39, 0.29) is 11.0 Å². The van der Waals surface area contributed by atoms with Crippen molar-refractivity contribution >= 4 is 38.4 Å². The Labute approximate surface area is 170 Å². The molecule has 2 aromatic carbocycles. The number of rotatable bonds is 5. The standard InChI is InChI=1S/C22H20N2O4S/c1-3-27-11-10-24-17-9-8-14(2)12-19(17)29-22(24)23-21(26)16-13-28-18-7-5-4-6-15(18)20(16)25/h4-9,12-13H,3,10-11H2,1-2H3. The van der Waals surface area contributed by atoms with Crippen LogP contribution in [0.25, 0.3) is 21.2 Å². The van der Waals surface area contributed by atoms with Crippen LogP contribution < -0.4 is 10.2 Å². The number of ether oxygens (including phenoxy) is 1. The maximum absolute atomic E-state index is 12.8. The number of hydrogen-bond acceptors (Lipinski definition) is 5. The Bertz CT molecular complexity index is 1330. The first-order valence-corrected chi connectivity index (χ1v) is 10.2. The summed E-state index contributed by atoms with van der Waals surface area (Å²) in [6, 6.07) is 12.9. The van der Waals surface area contributed by atoms with Gasteiger partial charge in [0.2, 0.25) is 5.43 Å². The summed E-state index contributed by atoms with van der Waals surface area (Å²) in [4.78, 5) is 30.3. The number of carbonyl (C=O) groups excluding carboxylic acids is 1. The molecule has 0 aliphatic rings. The van der Waals surface area contributed by atoms with Crippen LogP contribution in [-0.2, 0) is 11.3 Å². The van der Waals surface area contributed by atoms with E-state index < -0.39 is 5.91 Å². The maximum Gasteiger partial charge on any atom is 0.286 e. The molecule has 0 bridgehead atoms. The largest absolute Gasteiger partial charge is 0.463 e. The van der Waals surface area contributed by atoms with Crippen LogP contribution in [0.4, 0.5) is 0 Å². The molecule has 0 unspecified atom stereocenters. The molecular weight excluding hydrogens is 388 g/mol. The Morgan fingerprint density at radius 1 is 1.24 bits per heavy atom. The molecule has 0 N–H and O–H groups in total. The van der Waals surface area contributed by atoms with Crippen molar-refractivity contribution in [3.8, 4) is 0 Å². The van der Waals surface area contributed by atoms with E-state index in [1.54, 1.807) is 24.3 Å². The van der Waals surface area contributed by atoms with Crippen LogP contribution >= 0.6 is 11.3 Å². The molecule has 0 aliphatic carbocycles. The minimum absolute atomic E-state index is 0.0753. The number of aryl methyl sites for hydroxylation is 1. The number of fused-ring (bicyclic) bond motifs is 2. The lowest BCUT2D eigenvalue weighted by molar-refractivity contribution is 0.0994. The van der Waals surface area contributed by atoms with E-state index in [1.165, 1.54) is 17.6 Å². The van der Waals surface area contributed by atoms with Crippen molar-refractivity contribution in [2.45, 2.75) is 20.4 Å². The highest BCUT2D eigenvalue weighted by Crippen LogP contribution is 2.19. The minimum Gasteiger partial charge on any atom is -0.463 e. The Hall–Kier alpha value is -3.03. The van der Waals surface area contributed by atoms with Gasteiger partial charge in [-0.25, -0.2) is 0 Å². The third-order valence-electron chi connectivity index (χ3n) is 4.61. The number of hydrogen-bond donors (Lipinski definition) is 0. The van der Waals surface area contributed by atoms with Gasteiger partial charge in [0.25, 0.3) is 5.91 Å². The fraction of sp³-hybridized carbons (Fsp3) is 0.227. The van der Waals surface area contributed by atoms with Crippen molar-refractivity contribution in [3.63, 3.8) is 0 Å². The lowest BCUT2D eigenvalue weighted by atomic mass is 10.2. The number of para-hydroxylation sites is 1. The van der Waals surface area contributed by atoms with E-state index in [0.717, 1.165) is 15.8 Å². The zero-order valence-electron chi connectivity index (χ0n) is 16.2. The topological polar surface area (TPSA) is 73.8 Å². The summed E-state index contributed by atoms with van der Waals surface area (Å²) in [5.74, 6) is -0.613. The molecule has 0 radical (unpaired) electrons. The summed E-state index contributed by atoms with van der Waals surface area (Å²) in [6.07, 6.45) is 1.19. The van der Waals surface area contributed by atoms with E-state index in [1.807, 2.05) is 30.5 Å². The third kappa shape index (κ3) is 3.79. The van der Waals surface area contributed by atoms with Crippen LogP contribution in [0.2, 0.25) is 0 Å². The molecule has 148 valence electrons. The Morgan fingerprint density at radius 2 is 2.07 bits per heavy atom. The second-order valence-electron chi connectivity index (χ2n) is 6.60. The van der Waals surface area contributed by atoms with E-state index in [9.17, 15) is 9.59 Å². The van der Waals surface area contributed by atoms with E-state index >= 15 is 0 Å². The molecule has 0 aliphatic heterocycles. The van der Waals surface area contributed by atoms with Crippen molar-refractivity contribution in [1.82, 2.24) is 4.57 Å². The van der Waals surface area contributed by atoms with E-state index in [0.29, 0.717) is 35.5 Å². The molecule has 4 rings (SSSR count). The highest BCUT2D eigenvalue weighted by molar-refractivity contribution is 7.16. The van der Waals surface area contributed by atoms with Crippen molar-refractivity contribution in [2.75, 3.05) is 13.2 Å². The van der Waals surface area contributed by atoms with Crippen molar-refractivity contribution in [2.24, 2.45) is 4.99 Å². The second kappa shape index (κ2) is 8.14. The molecule has 1 amide bonds. The normalized spacial score (nSPS) is 12.1. The Balaban J connectivity index is 1.83. The van der Waals surface area contributed by atoms with Gasteiger partial charge >= 0.3 is 0 Å². The first-order chi connectivity index (χ1) is 14.1. The number of carbonyl (C=O) groups is 1. The number of amides is 1. The van der Waals surface area contributed by atoms with Gasteiger partial charge in [0.15, 0.2) is 4.80 Å². The minimum atomic E-state index is -0.613. The average Bonchev–Trinajstić information content (AvgIpc) is 3.04. The monoisotopic (exact) mass is 408 g/mol. The quantitative estimate of drug-likeness (QED) is 0.470. The Kier molecular flexibility index (Phi) is 5.42. The van der Waals surface area contributed by atoms with Gasteiger partial charge in [-0.2, -0.15) is 4.99 Å². The first-order valence-electron chi connectivity index (χ1n) is 9.36. The molecule has 2 aromatic heterocycles. The smallest absolute Gasteiger partial charge is 0.286 e. The van der Waals surface area contributed by atoms with E-state index in [4.69, 9.17) is 9.15 Å². The molecule has 4 aromatic rings. The molecule has 7 heteroatoms. The van der Waals surface area contributed by atoms with Crippen molar-refractivity contribution in [1.29, 1.82) is 0 Å². The van der Waals surface area contributed by atoms with Crippen molar-refractivity contribution < 1.29 is 13.9 Å². The number of aromatic nitrogens is 1. The predicted molar refractivity (Wildman–Crippen MR) is 113 cm³/mol. The molecule has 0 saturated heterocycles. The first kappa shape index (κ1) is 19.3. The number of benzene rings is 2. The van der Waals surface area contributed by atoms with Crippen LogP contribution in [0.5, 0.6) is 0 Å². The number of nitrogens with zero attached hydrogens (tertiary/aromatic N) is 2. The second-order valence-corrected chi connectivity index (χ2v) is 7.61. The zero-order chi connectivity index (χ0) is 20.4. The van der Waals surface area contributed by atoms with Gasteiger partial charge in [0, 0.05) is 13.2 Å². The van der Waals surface area contributed by atoms with Crippen LogP contribution in [0.3, 0.4) is 0 Å². The molecule has 0 fully saturated rings. The summed E-state index contributed by atoms with van der Waals surface area (Å²) < 4.78 is 13.9. The summed E-state index contributed by atoms with van der Waals surface area (Å²) in [5.41, 5.74) is 2.10. The van der Waals surface area contributed by atoms with Crippen LogP contribution in [0.15, 0.2) is 62.9 Å². The molecule has 2 heterocycles. The predicted octanol–water partition coefficient (Wildman–Crippen LogP) is 3.90. The van der Waals surface area contributed by atoms with Gasteiger partial charge in [0.1, 0.15) is 17.4 Å². The Morgan fingerprint density at radius 3 is 2.90 bits per heavy atom. The molecule has 6 nitrogen and oxygen atoms in total. The summed E-state index contributed by atoms with van der Waals surface area (Å²) in [5, 5.41) is 0.365. The summed E-state index contributed by atoms with van der Waals surface area (Å²) in [7, 11) is 0. The van der Waals surface area contributed by atoms with E-state index in [2.05, 4.69) is 11.1 Å². The van der Waals surface area contributed by atoms with Gasteiger partial charge in [-0.3, -0.25) is 9.59 Å². The maximum atomic E-state index is 12.8. The lowest BCUT2D eigenvalue weighted by Crippen LogP contribution is -2.21. The SMILES string of the molecule is CCOCCn1c(=NC(=O)c2coc3ccccc3c2=O)sc2cc(C)ccc21. The highest BCUT2D eigenvalue weighted by Gasteiger charge is 2.15. The van der Waals surface area contributed by atoms with Crippen molar-refractivity contribution in [3.05, 3.63) is 74.9 Å². The average molecular weight is 408 g/mol. The highest BCUT2D eigenvalue weighted by atomic mass is 32.1.